The van der Waals surface area contributed by atoms with Crippen molar-refractivity contribution in [3.8, 4) is 0 Å². The summed E-state index contributed by atoms with van der Waals surface area (Å²) in [5.74, 6) is 0.552. The van der Waals surface area contributed by atoms with Gasteiger partial charge in [-0.05, 0) is 12.8 Å². The molecular weight excluding hydrogens is 168 g/mol. The highest BCUT2D eigenvalue weighted by Crippen LogP contribution is 2.04. The van der Waals surface area contributed by atoms with Crippen LogP contribution < -0.4 is 5.32 Å². The molecular formula is C9H14N2O2. The van der Waals surface area contributed by atoms with Crippen LogP contribution in [0, 0.1) is 12.8 Å². The highest BCUT2D eigenvalue weighted by molar-refractivity contribution is 5.92. The fourth-order valence-corrected chi connectivity index (χ4v) is 0.897. The van der Waals surface area contributed by atoms with Crippen molar-refractivity contribution in [1.82, 2.24) is 10.3 Å². The van der Waals surface area contributed by atoms with Crippen LogP contribution in [0.3, 0.4) is 0 Å². The zero-order valence-electron chi connectivity index (χ0n) is 8.13. The summed E-state index contributed by atoms with van der Waals surface area (Å²) in [4.78, 5) is 15.2. The molecule has 1 heterocycles. The SMILES string of the molecule is Cc1ncoc1C(=O)NCC(C)C. The van der Waals surface area contributed by atoms with Crippen LogP contribution in [-0.2, 0) is 0 Å². The van der Waals surface area contributed by atoms with E-state index in [-0.39, 0.29) is 5.91 Å². The van der Waals surface area contributed by atoms with E-state index >= 15 is 0 Å². The largest absolute Gasteiger partial charge is 0.438 e. The molecule has 1 rings (SSSR count). The van der Waals surface area contributed by atoms with Gasteiger partial charge in [0.25, 0.3) is 5.91 Å². The quantitative estimate of drug-likeness (QED) is 0.768. The molecule has 0 aliphatic carbocycles. The van der Waals surface area contributed by atoms with Crippen molar-refractivity contribution in [2.45, 2.75) is 20.8 Å². The van der Waals surface area contributed by atoms with Crippen LogP contribution in [0.25, 0.3) is 0 Å². The third kappa shape index (κ3) is 2.57. The molecule has 0 aromatic carbocycles. The molecule has 0 fully saturated rings. The zero-order valence-corrected chi connectivity index (χ0v) is 8.13. The van der Waals surface area contributed by atoms with Gasteiger partial charge in [-0.2, -0.15) is 0 Å². The van der Waals surface area contributed by atoms with E-state index in [0.717, 1.165) is 0 Å². The van der Waals surface area contributed by atoms with Gasteiger partial charge in [0.15, 0.2) is 6.39 Å². The van der Waals surface area contributed by atoms with Gasteiger partial charge in [0.05, 0.1) is 5.69 Å². The Hall–Kier alpha value is -1.32. The van der Waals surface area contributed by atoms with E-state index < -0.39 is 0 Å². The summed E-state index contributed by atoms with van der Waals surface area (Å²) in [7, 11) is 0. The first-order valence-electron chi connectivity index (χ1n) is 4.29. The van der Waals surface area contributed by atoms with E-state index in [1.807, 2.05) is 13.8 Å². The fourth-order valence-electron chi connectivity index (χ4n) is 0.897. The van der Waals surface area contributed by atoms with Gasteiger partial charge in [-0.25, -0.2) is 4.98 Å². The zero-order chi connectivity index (χ0) is 9.84. The van der Waals surface area contributed by atoms with Crippen molar-refractivity contribution in [2.24, 2.45) is 5.92 Å². The van der Waals surface area contributed by atoms with Crippen LogP contribution >= 0.6 is 0 Å². The molecule has 0 bridgehead atoms. The highest BCUT2D eigenvalue weighted by Gasteiger charge is 2.12. The van der Waals surface area contributed by atoms with Gasteiger partial charge in [0.2, 0.25) is 5.76 Å². The number of oxazole rings is 1. The summed E-state index contributed by atoms with van der Waals surface area (Å²) in [5.41, 5.74) is 0.626. The van der Waals surface area contributed by atoms with Crippen molar-refractivity contribution in [1.29, 1.82) is 0 Å². The second-order valence-corrected chi connectivity index (χ2v) is 3.37. The van der Waals surface area contributed by atoms with Crippen LogP contribution in [0.2, 0.25) is 0 Å². The normalized spacial score (nSPS) is 10.5. The number of aryl methyl sites for hydroxylation is 1. The van der Waals surface area contributed by atoms with Crippen LogP contribution in [0.4, 0.5) is 0 Å². The summed E-state index contributed by atoms with van der Waals surface area (Å²) in [6.45, 7) is 6.47. The van der Waals surface area contributed by atoms with Crippen LogP contribution in [0.5, 0.6) is 0 Å². The molecule has 13 heavy (non-hydrogen) atoms. The molecule has 1 amide bonds. The maximum atomic E-state index is 11.4. The Morgan fingerprint density at radius 1 is 1.69 bits per heavy atom. The lowest BCUT2D eigenvalue weighted by Crippen LogP contribution is -2.27. The lowest BCUT2D eigenvalue weighted by molar-refractivity contribution is 0.0920. The number of nitrogens with zero attached hydrogens (tertiary/aromatic N) is 1. The number of carbonyl (C=O) groups is 1. The second kappa shape index (κ2) is 4.07. The van der Waals surface area contributed by atoms with Crippen LogP contribution in [0.15, 0.2) is 10.8 Å². The maximum absolute atomic E-state index is 11.4. The number of aromatic nitrogens is 1. The van der Waals surface area contributed by atoms with Gasteiger partial charge in [0.1, 0.15) is 0 Å². The van der Waals surface area contributed by atoms with E-state index in [0.29, 0.717) is 23.9 Å². The van der Waals surface area contributed by atoms with Crippen LogP contribution in [-0.4, -0.2) is 17.4 Å². The van der Waals surface area contributed by atoms with Gasteiger partial charge in [-0.15, -0.1) is 0 Å². The smallest absolute Gasteiger partial charge is 0.289 e. The standard InChI is InChI=1S/C9H14N2O2/c1-6(2)4-10-9(12)8-7(3)11-5-13-8/h5-6H,4H2,1-3H3,(H,10,12). The number of nitrogens with one attached hydrogen (secondary N) is 1. The lowest BCUT2D eigenvalue weighted by Gasteiger charge is -2.05. The van der Waals surface area contributed by atoms with Gasteiger partial charge >= 0.3 is 0 Å². The van der Waals surface area contributed by atoms with Gasteiger partial charge in [-0.3, -0.25) is 4.79 Å². The van der Waals surface area contributed by atoms with Crippen molar-refractivity contribution < 1.29 is 9.21 Å². The van der Waals surface area contributed by atoms with Crippen molar-refractivity contribution in [2.75, 3.05) is 6.54 Å². The number of rotatable bonds is 3. The van der Waals surface area contributed by atoms with E-state index in [4.69, 9.17) is 4.42 Å². The molecule has 0 aliphatic heterocycles. The summed E-state index contributed by atoms with van der Waals surface area (Å²) < 4.78 is 4.94. The first-order chi connectivity index (χ1) is 6.11. The average Bonchev–Trinajstić information content (AvgIpc) is 2.47. The summed E-state index contributed by atoms with van der Waals surface area (Å²) in [6, 6.07) is 0. The maximum Gasteiger partial charge on any atom is 0.289 e. The first kappa shape index (κ1) is 9.77. The number of hydrogen-bond acceptors (Lipinski definition) is 3. The number of carbonyl (C=O) groups excluding carboxylic acids is 1. The first-order valence-corrected chi connectivity index (χ1v) is 4.29. The molecule has 72 valence electrons. The van der Waals surface area contributed by atoms with Crippen molar-refractivity contribution >= 4 is 5.91 Å². The second-order valence-electron chi connectivity index (χ2n) is 3.37. The van der Waals surface area contributed by atoms with E-state index in [1.54, 1.807) is 6.92 Å². The Morgan fingerprint density at radius 3 is 2.85 bits per heavy atom. The Labute approximate surface area is 77.3 Å². The van der Waals surface area contributed by atoms with Gasteiger partial charge < -0.3 is 9.73 Å². The molecule has 1 aromatic heterocycles. The average molecular weight is 182 g/mol. The van der Waals surface area contributed by atoms with E-state index in [1.165, 1.54) is 6.39 Å². The minimum Gasteiger partial charge on any atom is -0.438 e. The van der Waals surface area contributed by atoms with Gasteiger partial charge in [-0.1, -0.05) is 13.8 Å². The predicted molar refractivity (Wildman–Crippen MR) is 48.4 cm³/mol. The summed E-state index contributed by atoms with van der Waals surface area (Å²) >= 11 is 0. The van der Waals surface area contributed by atoms with Crippen molar-refractivity contribution in [3.63, 3.8) is 0 Å². The molecule has 1 N–H and O–H groups in total. The minimum atomic E-state index is -0.191. The molecule has 0 aliphatic rings. The molecule has 0 saturated heterocycles. The predicted octanol–water partition coefficient (Wildman–Crippen LogP) is 1.37. The Morgan fingerprint density at radius 2 is 2.38 bits per heavy atom. The third-order valence-corrected chi connectivity index (χ3v) is 1.62. The van der Waals surface area contributed by atoms with E-state index in [2.05, 4.69) is 10.3 Å². The van der Waals surface area contributed by atoms with E-state index in [9.17, 15) is 4.79 Å². The molecule has 4 nitrogen and oxygen atoms in total. The fraction of sp³-hybridized carbons (Fsp3) is 0.556. The summed E-state index contributed by atoms with van der Waals surface area (Å²) in [6.07, 6.45) is 1.28. The topological polar surface area (TPSA) is 55.1 Å². The van der Waals surface area contributed by atoms with Gasteiger partial charge in [0, 0.05) is 6.54 Å². The summed E-state index contributed by atoms with van der Waals surface area (Å²) in [5, 5.41) is 2.75. The Balaban J connectivity index is 2.54. The molecule has 0 radical (unpaired) electrons. The monoisotopic (exact) mass is 182 g/mol. The molecule has 0 saturated carbocycles. The Bertz CT molecular complexity index is 292. The number of amides is 1. The lowest BCUT2D eigenvalue weighted by atomic mass is 10.2. The third-order valence-electron chi connectivity index (χ3n) is 1.62. The Kier molecular flexibility index (Phi) is 3.06. The minimum absolute atomic E-state index is 0.191. The molecule has 0 atom stereocenters. The van der Waals surface area contributed by atoms with Crippen molar-refractivity contribution in [3.05, 3.63) is 17.8 Å². The highest BCUT2D eigenvalue weighted by atomic mass is 16.3. The molecule has 0 spiro atoms. The van der Waals surface area contributed by atoms with Crippen LogP contribution in [0.1, 0.15) is 30.1 Å². The number of hydrogen-bond donors (Lipinski definition) is 1. The molecule has 1 aromatic rings. The molecule has 4 heteroatoms. The molecule has 0 unspecified atom stereocenters.